The van der Waals surface area contributed by atoms with Gasteiger partial charge in [0, 0.05) is 16.9 Å². The third kappa shape index (κ3) is 6.66. The number of halogens is 3. The van der Waals surface area contributed by atoms with Crippen LogP contribution in [0.25, 0.3) is 0 Å². The molecule has 3 amide bonds. The van der Waals surface area contributed by atoms with E-state index >= 15 is 0 Å². The topological polar surface area (TPSA) is 123 Å². The summed E-state index contributed by atoms with van der Waals surface area (Å²) in [5.41, 5.74) is 8.05. The zero-order valence-corrected chi connectivity index (χ0v) is 21.0. The summed E-state index contributed by atoms with van der Waals surface area (Å²) in [5, 5.41) is 12.0. The maximum Gasteiger partial charge on any atom is 0.416 e. The molecule has 0 radical (unpaired) electrons. The molecule has 0 aliphatic carbocycles. The van der Waals surface area contributed by atoms with Gasteiger partial charge < -0.3 is 26.4 Å². The Labute approximate surface area is 221 Å². The SMILES string of the molecule is COc1ccc(Cn2ncc(NC(=O)c3cc(NC(=O)Nc4ccc(C(F)(F)F)cc4)ccc3C)c2N)cc1. The molecule has 4 rings (SSSR count). The summed E-state index contributed by atoms with van der Waals surface area (Å²) < 4.78 is 44.9. The number of methoxy groups -OCH3 is 1. The monoisotopic (exact) mass is 538 g/mol. The zero-order valence-electron chi connectivity index (χ0n) is 21.0. The molecule has 39 heavy (non-hydrogen) atoms. The van der Waals surface area contributed by atoms with E-state index in [2.05, 4.69) is 21.0 Å². The summed E-state index contributed by atoms with van der Waals surface area (Å²) in [6, 6.07) is 15.5. The Bertz CT molecular complexity index is 1480. The van der Waals surface area contributed by atoms with E-state index in [0.717, 1.165) is 35.6 Å². The lowest BCUT2D eigenvalue weighted by molar-refractivity contribution is -0.137. The summed E-state index contributed by atoms with van der Waals surface area (Å²) in [4.78, 5) is 25.4. The van der Waals surface area contributed by atoms with Crippen LogP contribution in [0.5, 0.6) is 5.75 Å². The number of rotatable bonds is 7. The first-order chi connectivity index (χ1) is 18.5. The smallest absolute Gasteiger partial charge is 0.416 e. The van der Waals surface area contributed by atoms with Crippen molar-refractivity contribution in [1.29, 1.82) is 0 Å². The van der Waals surface area contributed by atoms with Gasteiger partial charge in [-0.1, -0.05) is 18.2 Å². The number of nitrogen functional groups attached to an aromatic ring is 1. The van der Waals surface area contributed by atoms with Crippen molar-refractivity contribution >= 4 is 34.8 Å². The second-order valence-electron chi connectivity index (χ2n) is 8.59. The Morgan fingerprint density at radius 3 is 2.23 bits per heavy atom. The molecule has 1 heterocycles. The minimum atomic E-state index is -4.47. The minimum Gasteiger partial charge on any atom is -0.497 e. The number of nitrogens with one attached hydrogen (secondary N) is 3. The molecular weight excluding hydrogens is 513 g/mol. The lowest BCUT2D eigenvalue weighted by Gasteiger charge is -2.12. The van der Waals surface area contributed by atoms with Gasteiger partial charge in [-0.15, -0.1) is 0 Å². The molecule has 0 aliphatic heterocycles. The molecule has 0 fully saturated rings. The molecule has 0 atom stereocenters. The Kier molecular flexibility index (Phi) is 7.75. The molecule has 5 N–H and O–H groups in total. The summed E-state index contributed by atoms with van der Waals surface area (Å²) in [7, 11) is 1.58. The first kappa shape index (κ1) is 27.0. The van der Waals surface area contributed by atoms with Crippen LogP contribution in [0.15, 0.2) is 72.9 Å². The van der Waals surface area contributed by atoms with Crippen molar-refractivity contribution in [1.82, 2.24) is 9.78 Å². The first-order valence-corrected chi connectivity index (χ1v) is 11.6. The quantitative estimate of drug-likeness (QED) is 0.239. The average Bonchev–Trinajstić information content (AvgIpc) is 3.23. The molecule has 0 saturated heterocycles. The highest BCUT2D eigenvalue weighted by Gasteiger charge is 2.30. The first-order valence-electron chi connectivity index (χ1n) is 11.6. The van der Waals surface area contributed by atoms with Gasteiger partial charge in [-0.3, -0.25) is 4.79 Å². The number of anilines is 4. The summed E-state index contributed by atoms with van der Waals surface area (Å²) in [6.07, 6.45) is -3.02. The van der Waals surface area contributed by atoms with Gasteiger partial charge in [0.2, 0.25) is 0 Å². The van der Waals surface area contributed by atoms with E-state index in [-0.39, 0.29) is 17.1 Å². The summed E-state index contributed by atoms with van der Waals surface area (Å²) in [5.74, 6) is 0.529. The Morgan fingerprint density at radius 1 is 0.949 bits per heavy atom. The number of aryl methyl sites for hydroxylation is 1. The fourth-order valence-corrected chi connectivity index (χ4v) is 3.69. The highest BCUT2D eigenvalue weighted by Crippen LogP contribution is 2.30. The van der Waals surface area contributed by atoms with Gasteiger partial charge in [-0.05, 0) is 66.6 Å². The molecule has 0 spiro atoms. The highest BCUT2D eigenvalue weighted by atomic mass is 19.4. The number of hydrogen-bond donors (Lipinski definition) is 4. The van der Waals surface area contributed by atoms with E-state index in [1.165, 1.54) is 12.3 Å². The van der Waals surface area contributed by atoms with Crippen molar-refractivity contribution in [3.05, 3.63) is 95.2 Å². The molecule has 0 unspecified atom stereocenters. The number of benzene rings is 3. The van der Waals surface area contributed by atoms with E-state index < -0.39 is 23.7 Å². The van der Waals surface area contributed by atoms with Crippen molar-refractivity contribution in [2.75, 3.05) is 28.8 Å². The minimum absolute atomic E-state index is 0.174. The van der Waals surface area contributed by atoms with Crippen LogP contribution in [0.4, 0.5) is 40.8 Å². The molecule has 9 nitrogen and oxygen atoms in total. The van der Waals surface area contributed by atoms with Crippen molar-refractivity contribution in [3.63, 3.8) is 0 Å². The van der Waals surface area contributed by atoms with Crippen LogP contribution in [0.3, 0.4) is 0 Å². The molecule has 4 aromatic rings. The van der Waals surface area contributed by atoms with E-state index in [1.54, 1.807) is 30.8 Å². The number of amides is 3. The highest BCUT2D eigenvalue weighted by molar-refractivity contribution is 6.08. The van der Waals surface area contributed by atoms with Crippen LogP contribution in [-0.2, 0) is 12.7 Å². The van der Waals surface area contributed by atoms with Gasteiger partial charge in [0.25, 0.3) is 5.91 Å². The number of urea groups is 1. The molecule has 202 valence electrons. The maximum atomic E-state index is 13.0. The van der Waals surface area contributed by atoms with Crippen molar-refractivity contribution in [2.24, 2.45) is 0 Å². The summed E-state index contributed by atoms with van der Waals surface area (Å²) in [6.45, 7) is 2.12. The van der Waals surface area contributed by atoms with Crippen molar-refractivity contribution in [3.8, 4) is 5.75 Å². The van der Waals surface area contributed by atoms with E-state index in [1.807, 2.05) is 24.3 Å². The fraction of sp³-hybridized carbons (Fsp3) is 0.148. The number of hydrogen-bond acceptors (Lipinski definition) is 5. The normalized spacial score (nSPS) is 11.1. The number of carbonyl (C=O) groups is 2. The number of nitrogens with two attached hydrogens (primary N) is 1. The Hall–Kier alpha value is -5.00. The average molecular weight is 539 g/mol. The third-order valence-corrected chi connectivity index (χ3v) is 5.83. The second-order valence-corrected chi connectivity index (χ2v) is 8.59. The fourth-order valence-electron chi connectivity index (χ4n) is 3.69. The molecular formula is C27H25F3N6O3. The maximum absolute atomic E-state index is 13.0. The second kappa shape index (κ2) is 11.2. The molecule has 12 heteroatoms. The Balaban J connectivity index is 1.41. The lowest BCUT2D eigenvalue weighted by atomic mass is 10.1. The van der Waals surface area contributed by atoms with Gasteiger partial charge in [-0.25, -0.2) is 9.48 Å². The van der Waals surface area contributed by atoms with Gasteiger partial charge in [0.05, 0.1) is 25.4 Å². The van der Waals surface area contributed by atoms with Crippen LogP contribution < -0.4 is 26.4 Å². The lowest BCUT2D eigenvalue weighted by Crippen LogP contribution is -2.20. The molecule has 0 saturated carbocycles. The van der Waals surface area contributed by atoms with E-state index in [4.69, 9.17) is 10.5 Å². The van der Waals surface area contributed by atoms with Crippen LogP contribution in [-0.4, -0.2) is 28.8 Å². The van der Waals surface area contributed by atoms with Crippen LogP contribution in [0, 0.1) is 6.92 Å². The van der Waals surface area contributed by atoms with Gasteiger partial charge >= 0.3 is 12.2 Å². The molecule has 3 aromatic carbocycles. The largest absolute Gasteiger partial charge is 0.497 e. The molecule has 1 aromatic heterocycles. The zero-order chi connectivity index (χ0) is 28.2. The van der Waals surface area contributed by atoms with Gasteiger partial charge in [-0.2, -0.15) is 18.3 Å². The van der Waals surface area contributed by atoms with Crippen LogP contribution in [0.1, 0.15) is 27.0 Å². The molecule has 0 bridgehead atoms. The third-order valence-electron chi connectivity index (χ3n) is 5.83. The Morgan fingerprint density at radius 2 is 1.59 bits per heavy atom. The van der Waals surface area contributed by atoms with Crippen molar-refractivity contribution in [2.45, 2.75) is 19.6 Å². The predicted octanol–water partition coefficient (Wildman–Crippen LogP) is 5.75. The number of aromatic nitrogens is 2. The van der Waals surface area contributed by atoms with Gasteiger partial charge in [0.15, 0.2) is 0 Å². The van der Waals surface area contributed by atoms with Gasteiger partial charge in [0.1, 0.15) is 17.3 Å². The van der Waals surface area contributed by atoms with E-state index in [0.29, 0.717) is 23.5 Å². The standard InChI is InChI=1S/C27H25F3N6O3/c1-16-3-8-20(34-26(38)33-19-9-6-18(7-10-19)27(28,29)30)13-22(16)25(37)35-23-14-32-36(24(23)31)15-17-4-11-21(39-2)12-5-17/h3-14H,15,31H2,1-2H3,(H,35,37)(H2,33,34,38). The van der Waals surface area contributed by atoms with E-state index in [9.17, 15) is 22.8 Å². The van der Waals surface area contributed by atoms with Crippen LogP contribution in [0.2, 0.25) is 0 Å². The number of carbonyl (C=O) groups excluding carboxylic acids is 2. The number of ether oxygens (including phenoxy) is 1. The number of alkyl halides is 3. The predicted molar refractivity (Wildman–Crippen MR) is 142 cm³/mol. The number of nitrogens with zero attached hydrogens (tertiary/aromatic N) is 2. The van der Waals surface area contributed by atoms with Crippen molar-refractivity contribution < 1.29 is 27.5 Å². The van der Waals surface area contributed by atoms with Crippen LogP contribution >= 0.6 is 0 Å². The summed E-state index contributed by atoms with van der Waals surface area (Å²) >= 11 is 0. The molecule has 0 aliphatic rings.